The van der Waals surface area contributed by atoms with Gasteiger partial charge in [-0.2, -0.15) is 0 Å². The fourth-order valence-electron chi connectivity index (χ4n) is 7.12. The summed E-state index contributed by atoms with van der Waals surface area (Å²) in [5.41, 5.74) is 17.5. The minimum Gasteiger partial charge on any atom is -0.481 e. The SMILES string of the molecule is C[C@H](N)C(=O)N[C@@H](CO)C(=O)N[C@@H](CCCN=C(N)N)C(=O)N[C@@H](Cc1c[nH]c2ccccc12)C(=O)N[C@@H](CC(=O)O)C(=O)N[C@@H](CCC(=O)O)C(=O)N[C@H](C(=O)N1CCC[C@H]1C(=O)O)[C@@H](C)O. The number of para-hydroxylation sites is 1. The molecule has 1 aliphatic heterocycles. The van der Waals surface area contributed by atoms with Crippen LogP contribution in [0, 0.1) is 0 Å². The highest BCUT2D eigenvalue weighted by molar-refractivity contribution is 5.99. The summed E-state index contributed by atoms with van der Waals surface area (Å²) in [6.07, 6.45) is -2.65. The van der Waals surface area contributed by atoms with Gasteiger partial charge in [0.2, 0.25) is 41.4 Å². The van der Waals surface area contributed by atoms with Crippen LogP contribution in [0.25, 0.3) is 10.9 Å². The molecule has 0 saturated carbocycles. The van der Waals surface area contributed by atoms with Crippen molar-refractivity contribution in [2.24, 2.45) is 22.2 Å². The lowest BCUT2D eigenvalue weighted by Gasteiger charge is -2.30. The largest absolute Gasteiger partial charge is 0.481 e. The van der Waals surface area contributed by atoms with Crippen LogP contribution in [0.3, 0.4) is 0 Å². The molecule has 0 aliphatic carbocycles. The second kappa shape index (κ2) is 26.1. The van der Waals surface area contributed by atoms with E-state index in [9.17, 15) is 73.5 Å². The number of carbonyl (C=O) groups excluding carboxylic acids is 7. The summed E-state index contributed by atoms with van der Waals surface area (Å²) < 4.78 is 0. The van der Waals surface area contributed by atoms with Gasteiger partial charge in [0.05, 0.1) is 25.2 Å². The molecule has 1 aliphatic rings. The van der Waals surface area contributed by atoms with Crippen LogP contribution in [-0.4, -0.2) is 175 Å². The molecular weight excluding hydrogens is 901 g/mol. The fraction of sp³-hybridized carbons (Fsp3) is 0.537. The number of hydrogen-bond acceptors (Lipinski definition) is 14. The third kappa shape index (κ3) is 16.5. The minimum atomic E-state index is -2.02. The van der Waals surface area contributed by atoms with E-state index in [1.807, 2.05) is 0 Å². The Labute approximate surface area is 388 Å². The Bertz CT molecular complexity index is 2190. The average Bonchev–Trinajstić information content (AvgIpc) is 3.94. The van der Waals surface area contributed by atoms with E-state index in [1.54, 1.807) is 24.3 Å². The fourth-order valence-corrected chi connectivity index (χ4v) is 7.12. The van der Waals surface area contributed by atoms with Gasteiger partial charge in [-0.1, -0.05) is 18.2 Å². The molecule has 1 fully saturated rings. The summed E-state index contributed by atoms with van der Waals surface area (Å²) in [7, 11) is 0. The number of aliphatic hydroxyl groups is 2. The first-order valence-electron chi connectivity index (χ1n) is 21.5. The van der Waals surface area contributed by atoms with Crippen molar-refractivity contribution in [3.8, 4) is 0 Å². The van der Waals surface area contributed by atoms with Gasteiger partial charge in [0, 0.05) is 43.0 Å². The molecule has 9 atom stereocenters. The van der Waals surface area contributed by atoms with Crippen molar-refractivity contribution in [2.45, 2.75) is 120 Å². The molecule has 0 spiro atoms. The molecule has 0 radical (unpaired) electrons. The minimum absolute atomic E-state index is 0.0143. The van der Waals surface area contributed by atoms with E-state index >= 15 is 0 Å². The molecule has 0 unspecified atom stereocenters. The van der Waals surface area contributed by atoms with E-state index in [4.69, 9.17) is 17.2 Å². The molecule has 68 heavy (non-hydrogen) atoms. The first-order chi connectivity index (χ1) is 32.0. The number of aromatic nitrogens is 1. The average molecular weight is 961 g/mol. The van der Waals surface area contributed by atoms with E-state index in [-0.39, 0.29) is 44.7 Å². The van der Waals surface area contributed by atoms with Gasteiger partial charge in [-0.25, -0.2) is 4.79 Å². The number of aliphatic imine (C=N–C) groups is 1. The normalized spacial score (nSPS) is 16.8. The van der Waals surface area contributed by atoms with Gasteiger partial charge in [-0.3, -0.25) is 48.1 Å². The molecule has 2 aromatic rings. The zero-order valence-corrected chi connectivity index (χ0v) is 37.3. The molecule has 18 N–H and O–H groups in total. The number of benzene rings is 1. The maximum atomic E-state index is 14.3. The number of carbonyl (C=O) groups is 10. The number of likely N-dealkylation sites (tertiary alicyclic amines) is 1. The van der Waals surface area contributed by atoms with E-state index in [1.165, 1.54) is 13.1 Å². The standard InChI is InChI=1S/C41H60N12O15/c1-19(42)33(60)51-28(18-54)38(65)47-24(9-5-13-45-41(43)44)34(61)49-26(15-21-17-46-23-8-4-3-7-22(21)23)36(63)50-27(16-31(58)59)37(64)48-25(11-12-30(56)57)35(62)52-32(20(2)55)39(66)53-14-6-10-29(53)40(67)68/h3-4,7-8,17,19-20,24-29,32,46,54-55H,5-6,9-16,18,42H2,1-2H3,(H,47,65)(H,48,64)(H,49,61)(H,50,63)(H,51,60)(H,52,62)(H,56,57)(H,58,59)(H,67,68)(H4,43,44,45)/t19-,20+,24-,25-,26-,27-,28-,29-,32-/m0/s1. The molecule has 27 nitrogen and oxygen atoms in total. The summed E-state index contributed by atoms with van der Waals surface area (Å²) in [5.74, 6) is -12.2. The summed E-state index contributed by atoms with van der Waals surface area (Å²) in [5, 5.41) is 63.7. The zero-order valence-electron chi connectivity index (χ0n) is 37.3. The first-order valence-corrected chi connectivity index (χ1v) is 21.5. The maximum Gasteiger partial charge on any atom is 0.326 e. The number of rotatable bonds is 27. The second-order valence-corrected chi connectivity index (χ2v) is 16.1. The number of carboxylic acid groups (broad SMARTS) is 3. The lowest BCUT2D eigenvalue weighted by molar-refractivity contribution is -0.150. The molecule has 7 amide bonds. The number of guanidine groups is 1. The number of fused-ring (bicyclic) bond motifs is 1. The smallest absolute Gasteiger partial charge is 0.326 e. The number of H-pyrrole nitrogens is 1. The Balaban J connectivity index is 1.97. The quantitative estimate of drug-likeness (QED) is 0.0226. The number of aromatic amines is 1. The van der Waals surface area contributed by atoms with Gasteiger partial charge in [0.15, 0.2) is 5.96 Å². The molecule has 0 bridgehead atoms. The molecule has 1 aromatic carbocycles. The van der Waals surface area contributed by atoms with Crippen LogP contribution in [0.5, 0.6) is 0 Å². The van der Waals surface area contributed by atoms with Crippen LogP contribution < -0.4 is 49.1 Å². The van der Waals surface area contributed by atoms with Crippen molar-refractivity contribution >= 4 is 76.1 Å². The van der Waals surface area contributed by atoms with Crippen LogP contribution in [0.4, 0.5) is 0 Å². The highest BCUT2D eigenvalue weighted by Gasteiger charge is 2.41. The Morgan fingerprint density at radius 2 is 1.32 bits per heavy atom. The van der Waals surface area contributed by atoms with Crippen LogP contribution >= 0.6 is 0 Å². The molecule has 374 valence electrons. The summed E-state index contributed by atoms with van der Waals surface area (Å²) >= 11 is 0. The first kappa shape index (κ1) is 54.9. The van der Waals surface area contributed by atoms with Crippen LogP contribution in [0.1, 0.15) is 64.4 Å². The highest BCUT2D eigenvalue weighted by atomic mass is 16.4. The number of aliphatic hydroxyl groups excluding tert-OH is 2. The molecule has 2 heterocycles. The third-order valence-corrected chi connectivity index (χ3v) is 10.7. The highest BCUT2D eigenvalue weighted by Crippen LogP contribution is 2.21. The van der Waals surface area contributed by atoms with Crippen molar-refractivity contribution in [2.75, 3.05) is 19.7 Å². The van der Waals surface area contributed by atoms with Crippen LogP contribution in [0.15, 0.2) is 35.5 Å². The molecule has 1 saturated heterocycles. The topological polar surface area (TPSA) is 453 Å². The number of nitrogens with two attached hydrogens (primary N) is 3. The summed E-state index contributed by atoms with van der Waals surface area (Å²) in [4.78, 5) is 138. The van der Waals surface area contributed by atoms with E-state index in [2.05, 4.69) is 41.9 Å². The van der Waals surface area contributed by atoms with Gasteiger partial charge in [-0.05, 0) is 57.6 Å². The molecular formula is C41H60N12O15. The van der Waals surface area contributed by atoms with Gasteiger partial charge in [0.1, 0.15) is 42.3 Å². The number of carboxylic acids is 3. The van der Waals surface area contributed by atoms with Crippen LogP contribution in [0.2, 0.25) is 0 Å². The van der Waals surface area contributed by atoms with Gasteiger partial charge < -0.3 is 84.5 Å². The second-order valence-electron chi connectivity index (χ2n) is 16.1. The van der Waals surface area contributed by atoms with Crippen molar-refractivity contribution in [3.63, 3.8) is 0 Å². The van der Waals surface area contributed by atoms with Gasteiger partial charge >= 0.3 is 17.9 Å². The van der Waals surface area contributed by atoms with Crippen LogP contribution in [-0.2, 0) is 54.4 Å². The number of nitrogens with zero attached hydrogens (tertiary/aromatic N) is 2. The van der Waals surface area contributed by atoms with Crippen molar-refractivity contribution < 1.29 is 73.5 Å². The molecule has 1 aromatic heterocycles. The predicted octanol–water partition coefficient (Wildman–Crippen LogP) is -5.19. The van der Waals surface area contributed by atoms with Crippen molar-refractivity contribution in [3.05, 3.63) is 36.0 Å². The zero-order chi connectivity index (χ0) is 50.8. The van der Waals surface area contributed by atoms with E-state index in [0.29, 0.717) is 22.9 Å². The van der Waals surface area contributed by atoms with Crippen molar-refractivity contribution in [1.29, 1.82) is 0 Å². The Morgan fingerprint density at radius 3 is 1.91 bits per heavy atom. The Hall–Kier alpha value is -7.39. The summed E-state index contributed by atoms with van der Waals surface area (Å²) in [6, 6.07) is -5.84. The van der Waals surface area contributed by atoms with E-state index in [0.717, 1.165) is 11.8 Å². The van der Waals surface area contributed by atoms with Crippen molar-refractivity contribution in [1.82, 2.24) is 41.8 Å². The number of aliphatic carboxylic acids is 3. The predicted molar refractivity (Wildman–Crippen MR) is 237 cm³/mol. The Morgan fingerprint density at radius 1 is 0.765 bits per heavy atom. The molecule has 3 rings (SSSR count). The lowest BCUT2D eigenvalue weighted by atomic mass is 10.0. The maximum absolute atomic E-state index is 14.3. The molecule has 27 heteroatoms. The van der Waals surface area contributed by atoms with Gasteiger partial charge in [-0.15, -0.1) is 0 Å². The monoisotopic (exact) mass is 960 g/mol. The van der Waals surface area contributed by atoms with Gasteiger partial charge in [0.25, 0.3) is 0 Å². The third-order valence-electron chi connectivity index (χ3n) is 10.7. The van der Waals surface area contributed by atoms with E-state index < -0.39 is 140 Å². The number of nitrogens with one attached hydrogen (secondary N) is 7. The number of hydrogen-bond donors (Lipinski definition) is 15. The summed E-state index contributed by atoms with van der Waals surface area (Å²) in [6.45, 7) is 1.51. The number of amides is 7. The Kier molecular flexibility index (Phi) is 21.1. The lowest BCUT2D eigenvalue weighted by Crippen LogP contribution is -2.61.